The fourth-order valence-electron chi connectivity index (χ4n) is 1.38. The van der Waals surface area contributed by atoms with Gasteiger partial charge in [-0.25, -0.2) is 0 Å². The molecule has 0 aliphatic rings. The first-order valence-corrected chi connectivity index (χ1v) is 6.37. The number of rotatable bonds is 3. The van der Waals surface area contributed by atoms with Crippen molar-refractivity contribution in [3.05, 3.63) is 54.4 Å². The van der Waals surface area contributed by atoms with E-state index < -0.39 is 0 Å². The second kappa shape index (κ2) is 7.03. The van der Waals surface area contributed by atoms with Crippen LogP contribution < -0.4 is 5.32 Å². The van der Waals surface area contributed by atoms with Crippen LogP contribution in [0, 0.1) is 0 Å². The van der Waals surface area contributed by atoms with Gasteiger partial charge in [0.25, 0.3) is 5.91 Å². The zero-order chi connectivity index (χ0) is 12.1. The number of anilines is 1. The number of halogens is 1. The first kappa shape index (κ1) is 14.5. The average Bonchev–Trinajstić information content (AvgIpc) is 2.40. The molecule has 0 aliphatic carbocycles. The number of pyridine rings is 1. The highest BCUT2D eigenvalue weighted by Gasteiger charge is 2.04. The highest BCUT2D eigenvalue weighted by Crippen LogP contribution is 2.17. The van der Waals surface area contributed by atoms with Crippen LogP contribution in [0.3, 0.4) is 0 Å². The Kier molecular flexibility index (Phi) is 5.68. The lowest BCUT2D eigenvalue weighted by molar-refractivity contribution is 0.102. The van der Waals surface area contributed by atoms with E-state index in [1.807, 2.05) is 30.5 Å². The van der Waals surface area contributed by atoms with E-state index in [4.69, 9.17) is 0 Å². The number of benzene rings is 1. The molecule has 0 aliphatic heterocycles. The van der Waals surface area contributed by atoms with Gasteiger partial charge < -0.3 is 5.32 Å². The monoisotopic (exact) mass is 280 g/mol. The summed E-state index contributed by atoms with van der Waals surface area (Å²) in [5.41, 5.74) is 1.40. The number of nitrogens with one attached hydrogen (secondary N) is 1. The van der Waals surface area contributed by atoms with Crippen molar-refractivity contribution in [3.8, 4) is 0 Å². The van der Waals surface area contributed by atoms with Crippen LogP contribution in [0.25, 0.3) is 0 Å². The Bertz CT molecular complexity index is 502. The predicted octanol–water partition coefficient (Wildman–Crippen LogP) is 3.48. The number of amides is 1. The molecular weight excluding hydrogens is 268 g/mol. The van der Waals surface area contributed by atoms with E-state index >= 15 is 0 Å². The van der Waals surface area contributed by atoms with Gasteiger partial charge >= 0.3 is 0 Å². The number of hydrogen-bond acceptors (Lipinski definition) is 3. The Hall–Kier alpha value is -1.52. The van der Waals surface area contributed by atoms with Crippen molar-refractivity contribution in [1.29, 1.82) is 0 Å². The van der Waals surface area contributed by atoms with E-state index in [2.05, 4.69) is 10.3 Å². The number of hydrogen-bond donors (Lipinski definition) is 1. The van der Waals surface area contributed by atoms with E-state index in [-0.39, 0.29) is 18.3 Å². The molecule has 0 bridgehead atoms. The Balaban J connectivity index is 0.00000162. The predicted molar refractivity (Wildman–Crippen MR) is 77.7 cm³/mol. The summed E-state index contributed by atoms with van der Waals surface area (Å²) in [4.78, 5) is 16.9. The Morgan fingerprint density at radius 3 is 2.28 bits per heavy atom. The minimum Gasteiger partial charge on any atom is -0.322 e. The van der Waals surface area contributed by atoms with Gasteiger partial charge in [0.2, 0.25) is 0 Å². The second-order valence-corrected chi connectivity index (χ2v) is 4.30. The molecule has 0 saturated heterocycles. The molecule has 1 N–H and O–H groups in total. The third-order valence-corrected chi connectivity index (χ3v) is 3.03. The number of nitrogens with zero attached hydrogens (tertiary/aromatic N) is 1. The van der Waals surface area contributed by atoms with Crippen molar-refractivity contribution >= 4 is 35.8 Å². The van der Waals surface area contributed by atoms with Crippen LogP contribution in [-0.4, -0.2) is 17.1 Å². The minimum absolute atomic E-state index is 0. The molecule has 0 atom stereocenters. The lowest BCUT2D eigenvalue weighted by Crippen LogP contribution is -2.11. The summed E-state index contributed by atoms with van der Waals surface area (Å²) in [6.45, 7) is 0. The van der Waals surface area contributed by atoms with Crippen molar-refractivity contribution in [2.75, 3.05) is 11.6 Å². The Labute approximate surface area is 116 Å². The van der Waals surface area contributed by atoms with Gasteiger partial charge in [-0.1, -0.05) is 0 Å². The van der Waals surface area contributed by atoms with Gasteiger partial charge in [0.1, 0.15) is 0 Å². The van der Waals surface area contributed by atoms with Gasteiger partial charge in [0.05, 0.1) is 0 Å². The van der Waals surface area contributed by atoms with Gasteiger partial charge in [-0.3, -0.25) is 9.78 Å². The maximum atomic E-state index is 11.8. The van der Waals surface area contributed by atoms with E-state index in [1.54, 1.807) is 36.3 Å². The quantitative estimate of drug-likeness (QED) is 0.875. The molecule has 2 aromatic rings. The number of carbonyl (C=O) groups is 1. The van der Waals surface area contributed by atoms with Gasteiger partial charge in [-0.2, -0.15) is 0 Å². The molecule has 1 aromatic heterocycles. The zero-order valence-corrected chi connectivity index (χ0v) is 11.4. The molecule has 94 valence electrons. The summed E-state index contributed by atoms with van der Waals surface area (Å²) >= 11 is 1.67. The van der Waals surface area contributed by atoms with Crippen LogP contribution in [0.2, 0.25) is 0 Å². The van der Waals surface area contributed by atoms with Crippen LogP contribution in [0.5, 0.6) is 0 Å². The lowest BCUT2D eigenvalue weighted by Gasteiger charge is -2.05. The smallest absolute Gasteiger partial charge is 0.255 e. The third kappa shape index (κ3) is 3.75. The molecule has 0 saturated carbocycles. The molecule has 0 radical (unpaired) electrons. The first-order chi connectivity index (χ1) is 8.29. The summed E-state index contributed by atoms with van der Waals surface area (Å²) in [5, 5.41) is 2.83. The lowest BCUT2D eigenvalue weighted by atomic mass is 10.2. The van der Waals surface area contributed by atoms with Gasteiger partial charge in [-0.15, -0.1) is 24.2 Å². The second-order valence-electron chi connectivity index (χ2n) is 3.42. The molecule has 1 heterocycles. The van der Waals surface area contributed by atoms with E-state index in [9.17, 15) is 4.79 Å². The average molecular weight is 281 g/mol. The summed E-state index contributed by atoms with van der Waals surface area (Å²) in [6.07, 6.45) is 5.22. The molecule has 0 fully saturated rings. The number of thioether (sulfide) groups is 1. The highest BCUT2D eigenvalue weighted by atomic mass is 35.5. The Morgan fingerprint density at radius 1 is 1.11 bits per heavy atom. The third-order valence-electron chi connectivity index (χ3n) is 2.29. The van der Waals surface area contributed by atoms with Gasteiger partial charge in [0.15, 0.2) is 0 Å². The maximum Gasteiger partial charge on any atom is 0.255 e. The largest absolute Gasteiger partial charge is 0.322 e. The van der Waals surface area contributed by atoms with Gasteiger partial charge in [-0.05, 0) is 42.7 Å². The molecule has 0 spiro atoms. The van der Waals surface area contributed by atoms with Crippen LogP contribution in [0.1, 0.15) is 10.4 Å². The molecule has 1 aromatic carbocycles. The fraction of sp³-hybridized carbons (Fsp3) is 0.0769. The molecule has 5 heteroatoms. The highest BCUT2D eigenvalue weighted by molar-refractivity contribution is 7.98. The molecular formula is C13H13ClN2OS. The van der Waals surface area contributed by atoms with Crippen molar-refractivity contribution in [2.24, 2.45) is 0 Å². The maximum absolute atomic E-state index is 11.8. The molecule has 2 rings (SSSR count). The number of aromatic nitrogens is 1. The molecule has 0 unspecified atom stereocenters. The van der Waals surface area contributed by atoms with Gasteiger partial charge in [0, 0.05) is 28.5 Å². The summed E-state index contributed by atoms with van der Waals surface area (Å²) in [5.74, 6) is -0.121. The molecule has 1 amide bonds. The standard InChI is InChI=1S/C13H12N2OS.ClH/c1-17-12-4-2-11(3-5-12)15-13(16)10-6-8-14-9-7-10;/h2-9H,1H3,(H,15,16);1H. The van der Waals surface area contributed by atoms with E-state index in [0.29, 0.717) is 5.56 Å². The summed E-state index contributed by atoms with van der Waals surface area (Å²) < 4.78 is 0. The Morgan fingerprint density at radius 2 is 1.72 bits per heavy atom. The number of carbonyl (C=O) groups excluding carboxylic acids is 1. The molecule has 3 nitrogen and oxygen atoms in total. The molecule has 18 heavy (non-hydrogen) atoms. The normalized spacial score (nSPS) is 9.39. The van der Waals surface area contributed by atoms with Crippen LogP contribution in [0.15, 0.2) is 53.7 Å². The topological polar surface area (TPSA) is 42.0 Å². The van der Waals surface area contributed by atoms with Crippen LogP contribution in [0.4, 0.5) is 5.69 Å². The zero-order valence-electron chi connectivity index (χ0n) is 9.79. The summed E-state index contributed by atoms with van der Waals surface area (Å²) in [6, 6.07) is 11.1. The van der Waals surface area contributed by atoms with Crippen molar-refractivity contribution in [3.63, 3.8) is 0 Å². The van der Waals surface area contributed by atoms with Crippen LogP contribution in [-0.2, 0) is 0 Å². The minimum atomic E-state index is -0.121. The van der Waals surface area contributed by atoms with Crippen molar-refractivity contribution < 1.29 is 4.79 Å². The van der Waals surface area contributed by atoms with Crippen LogP contribution >= 0.6 is 24.2 Å². The fourth-order valence-corrected chi connectivity index (χ4v) is 1.79. The SMILES string of the molecule is CSc1ccc(NC(=O)c2ccncc2)cc1.Cl. The van der Waals surface area contributed by atoms with E-state index in [0.717, 1.165) is 5.69 Å². The van der Waals surface area contributed by atoms with E-state index in [1.165, 1.54) is 4.90 Å². The summed E-state index contributed by atoms with van der Waals surface area (Å²) in [7, 11) is 0. The van der Waals surface area contributed by atoms with Crippen molar-refractivity contribution in [2.45, 2.75) is 4.90 Å². The first-order valence-electron chi connectivity index (χ1n) is 5.15. The van der Waals surface area contributed by atoms with Crippen molar-refractivity contribution in [1.82, 2.24) is 4.98 Å².